The first-order valence-electron chi connectivity index (χ1n) is 8.84. The Kier molecular flexibility index (Phi) is 6.33. The van der Waals surface area contributed by atoms with Gasteiger partial charge in [0.15, 0.2) is 5.82 Å². The van der Waals surface area contributed by atoms with Crippen LogP contribution in [0.15, 0.2) is 18.3 Å². The van der Waals surface area contributed by atoms with Crippen LogP contribution in [0.5, 0.6) is 11.5 Å². The van der Waals surface area contributed by atoms with Crippen molar-refractivity contribution in [3.05, 3.63) is 23.4 Å². The number of benzene rings is 1. The van der Waals surface area contributed by atoms with E-state index in [-0.39, 0.29) is 0 Å². The Balaban J connectivity index is 1.76. The highest BCUT2D eigenvalue weighted by molar-refractivity contribution is 6.32. The van der Waals surface area contributed by atoms with E-state index in [0.717, 1.165) is 12.8 Å². The van der Waals surface area contributed by atoms with Gasteiger partial charge in [0.2, 0.25) is 5.95 Å². The minimum absolute atomic E-state index is 0.381. The number of nitrogens with zero attached hydrogens (tertiary/aromatic N) is 3. The lowest BCUT2D eigenvalue weighted by Crippen LogP contribution is -2.19. The first-order chi connectivity index (χ1) is 12.7. The summed E-state index contributed by atoms with van der Waals surface area (Å²) in [5, 5.41) is 15.2. The summed E-state index contributed by atoms with van der Waals surface area (Å²) in [6.07, 6.45) is 9.10. The van der Waals surface area contributed by atoms with Gasteiger partial charge in [0, 0.05) is 18.2 Å². The lowest BCUT2D eigenvalue weighted by Gasteiger charge is -2.17. The second-order valence-electron chi connectivity index (χ2n) is 6.31. The summed E-state index contributed by atoms with van der Waals surface area (Å²) in [6, 6.07) is 3.87. The van der Waals surface area contributed by atoms with Gasteiger partial charge in [-0.05, 0) is 12.8 Å². The van der Waals surface area contributed by atoms with Crippen LogP contribution >= 0.6 is 11.6 Å². The van der Waals surface area contributed by atoms with Gasteiger partial charge in [0.05, 0.1) is 31.1 Å². The molecule has 0 aliphatic heterocycles. The Morgan fingerprint density at radius 3 is 2.46 bits per heavy atom. The first-order valence-corrected chi connectivity index (χ1v) is 9.22. The molecule has 1 aliphatic carbocycles. The molecule has 1 aliphatic rings. The molecule has 0 atom stereocenters. The smallest absolute Gasteiger partial charge is 0.249 e. The number of halogens is 1. The zero-order valence-electron chi connectivity index (χ0n) is 15.1. The molecule has 26 heavy (non-hydrogen) atoms. The molecule has 2 aromatic rings. The largest absolute Gasteiger partial charge is 0.495 e. The number of anilines is 3. The van der Waals surface area contributed by atoms with Crippen molar-refractivity contribution in [3.8, 4) is 11.5 Å². The maximum Gasteiger partial charge on any atom is 0.249 e. The molecule has 1 aromatic carbocycles. The normalized spacial score (nSPS) is 15.2. The molecule has 7 nitrogen and oxygen atoms in total. The maximum absolute atomic E-state index is 6.14. The molecule has 1 saturated carbocycles. The van der Waals surface area contributed by atoms with Crippen LogP contribution < -0.4 is 20.1 Å². The van der Waals surface area contributed by atoms with Crippen LogP contribution in [-0.4, -0.2) is 35.4 Å². The van der Waals surface area contributed by atoms with Crippen LogP contribution in [-0.2, 0) is 0 Å². The van der Waals surface area contributed by atoms with Gasteiger partial charge >= 0.3 is 0 Å². The van der Waals surface area contributed by atoms with Gasteiger partial charge in [-0.3, -0.25) is 0 Å². The van der Waals surface area contributed by atoms with Gasteiger partial charge in [-0.25, -0.2) is 0 Å². The second kappa shape index (κ2) is 8.89. The SMILES string of the molecule is COc1cc(Nc2nncc(NC3CCCCCC3)n2)c(OC)cc1Cl. The lowest BCUT2D eigenvalue weighted by atomic mass is 10.1. The molecule has 0 bridgehead atoms. The molecule has 1 heterocycles. The minimum atomic E-state index is 0.381. The highest BCUT2D eigenvalue weighted by Crippen LogP contribution is 2.36. The number of hydrogen-bond donors (Lipinski definition) is 2. The van der Waals surface area contributed by atoms with E-state index in [0.29, 0.717) is 40.0 Å². The van der Waals surface area contributed by atoms with Crippen LogP contribution in [0, 0.1) is 0 Å². The zero-order valence-corrected chi connectivity index (χ0v) is 15.8. The molecule has 8 heteroatoms. The van der Waals surface area contributed by atoms with Gasteiger partial charge < -0.3 is 20.1 Å². The van der Waals surface area contributed by atoms with E-state index in [2.05, 4.69) is 25.8 Å². The quantitative estimate of drug-likeness (QED) is 0.721. The molecule has 0 spiro atoms. The van der Waals surface area contributed by atoms with Crippen molar-refractivity contribution in [3.63, 3.8) is 0 Å². The fraction of sp³-hybridized carbons (Fsp3) is 0.500. The Labute approximate surface area is 158 Å². The fourth-order valence-electron chi connectivity index (χ4n) is 3.14. The van der Waals surface area contributed by atoms with Gasteiger partial charge in [0.25, 0.3) is 0 Å². The monoisotopic (exact) mass is 377 g/mol. The fourth-order valence-corrected chi connectivity index (χ4v) is 3.37. The molecule has 0 saturated heterocycles. The topological polar surface area (TPSA) is 81.2 Å². The predicted molar refractivity (Wildman–Crippen MR) is 103 cm³/mol. The van der Waals surface area contributed by atoms with Crippen molar-refractivity contribution >= 4 is 29.1 Å². The summed E-state index contributed by atoms with van der Waals surface area (Å²) in [5.41, 5.74) is 0.655. The molecule has 0 radical (unpaired) electrons. The average Bonchev–Trinajstić information content (AvgIpc) is 2.92. The van der Waals surface area contributed by atoms with Gasteiger partial charge in [-0.15, -0.1) is 5.10 Å². The first kappa shape index (κ1) is 18.5. The molecule has 2 N–H and O–H groups in total. The van der Waals surface area contributed by atoms with Crippen LogP contribution in [0.4, 0.5) is 17.5 Å². The van der Waals surface area contributed by atoms with E-state index >= 15 is 0 Å². The minimum Gasteiger partial charge on any atom is -0.495 e. The van der Waals surface area contributed by atoms with Gasteiger partial charge in [-0.1, -0.05) is 37.3 Å². The maximum atomic E-state index is 6.14. The van der Waals surface area contributed by atoms with E-state index in [4.69, 9.17) is 21.1 Å². The number of hydrogen-bond acceptors (Lipinski definition) is 7. The van der Waals surface area contributed by atoms with Crippen molar-refractivity contribution < 1.29 is 9.47 Å². The molecule has 140 valence electrons. The number of aromatic nitrogens is 3. The summed E-state index contributed by atoms with van der Waals surface area (Å²) in [6.45, 7) is 0. The lowest BCUT2D eigenvalue weighted by molar-refractivity contribution is 0.405. The highest BCUT2D eigenvalue weighted by Gasteiger charge is 2.14. The number of methoxy groups -OCH3 is 2. The standard InChI is InChI=1S/C18H24ClN5O2/c1-25-15-10-14(16(26-2)9-13(15)19)22-18-23-17(11-20-24-18)21-12-7-5-3-4-6-8-12/h9-12H,3-8H2,1-2H3,(H2,21,22,23,24). The highest BCUT2D eigenvalue weighted by atomic mass is 35.5. The van der Waals surface area contributed by atoms with Crippen LogP contribution in [0.2, 0.25) is 5.02 Å². The van der Waals surface area contributed by atoms with Crippen LogP contribution in [0.1, 0.15) is 38.5 Å². The third-order valence-corrected chi connectivity index (χ3v) is 4.78. The Morgan fingerprint density at radius 2 is 1.77 bits per heavy atom. The van der Waals surface area contributed by atoms with Crippen molar-refractivity contribution in [2.24, 2.45) is 0 Å². The van der Waals surface area contributed by atoms with E-state index < -0.39 is 0 Å². The molecule has 0 amide bonds. The molecule has 3 rings (SSSR count). The van der Waals surface area contributed by atoms with E-state index in [1.54, 1.807) is 32.5 Å². The number of rotatable bonds is 6. The van der Waals surface area contributed by atoms with E-state index in [1.807, 2.05) is 0 Å². The van der Waals surface area contributed by atoms with Crippen molar-refractivity contribution in [2.75, 3.05) is 24.9 Å². The summed E-state index contributed by atoms with van der Waals surface area (Å²) < 4.78 is 10.6. The summed E-state index contributed by atoms with van der Waals surface area (Å²) in [7, 11) is 3.14. The van der Waals surface area contributed by atoms with E-state index in [9.17, 15) is 0 Å². The molecular formula is C18H24ClN5O2. The zero-order chi connectivity index (χ0) is 18.4. The van der Waals surface area contributed by atoms with Crippen LogP contribution in [0.3, 0.4) is 0 Å². The number of nitrogens with one attached hydrogen (secondary N) is 2. The van der Waals surface area contributed by atoms with Gasteiger partial charge in [-0.2, -0.15) is 10.1 Å². The van der Waals surface area contributed by atoms with Crippen molar-refractivity contribution in [1.29, 1.82) is 0 Å². The summed E-state index contributed by atoms with van der Waals surface area (Å²) in [5.74, 6) is 2.21. The third-order valence-electron chi connectivity index (χ3n) is 4.49. The summed E-state index contributed by atoms with van der Waals surface area (Å²) >= 11 is 6.14. The Hall–Kier alpha value is -2.28. The number of ether oxygens (including phenoxy) is 2. The Morgan fingerprint density at radius 1 is 1.04 bits per heavy atom. The average molecular weight is 378 g/mol. The second-order valence-corrected chi connectivity index (χ2v) is 6.72. The van der Waals surface area contributed by atoms with Crippen LogP contribution in [0.25, 0.3) is 0 Å². The molecule has 0 unspecified atom stereocenters. The van der Waals surface area contributed by atoms with Crippen molar-refractivity contribution in [2.45, 2.75) is 44.6 Å². The summed E-state index contributed by atoms with van der Waals surface area (Å²) in [4.78, 5) is 4.52. The van der Waals surface area contributed by atoms with E-state index in [1.165, 1.54) is 25.7 Å². The molecular weight excluding hydrogens is 354 g/mol. The Bertz CT molecular complexity index is 736. The van der Waals surface area contributed by atoms with Crippen molar-refractivity contribution in [1.82, 2.24) is 15.2 Å². The predicted octanol–water partition coefficient (Wildman–Crippen LogP) is 4.42. The van der Waals surface area contributed by atoms with Gasteiger partial charge in [0.1, 0.15) is 11.5 Å². The third kappa shape index (κ3) is 4.66. The molecule has 1 fully saturated rings. The molecule has 1 aromatic heterocycles.